The molecule has 0 saturated heterocycles. The van der Waals surface area contributed by atoms with E-state index >= 15 is 0 Å². The van der Waals surface area contributed by atoms with Crippen molar-refractivity contribution >= 4 is 21.8 Å². The second kappa shape index (κ2) is 7.38. The van der Waals surface area contributed by atoms with E-state index in [9.17, 15) is 4.79 Å². The molecule has 1 rings (SSSR count). The van der Waals surface area contributed by atoms with Crippen molar-refractivity contribution in [3.63, 3.8) is 0 Å². The van der Waals surface area contributed by atoms with Crippen LogP contribution in [0, 0.1) is 0 Å². The van der Waals surface area contributed by atoms with Crippen LogP contribution < -0.4 is 10.5 Å². The van der Waals surface area contributed by atoms with Crippen LogP contribution in [0.4, 0.5) is 0 Å². The maximum atomic E-state index is 11.8. The number of carbonyl (C=O) groups excluding carboxylic acids is 1. The van der Waals surface area contributed by atoms with Gasteiger partial charge in [-0.05, 0) is 25.1 Å². The molecular formula is C13H19BrN2O2. The van der Waals surface area contributed by atoms with Crippen LogP contribution in [-0.4, -0.2) is 37.0 Å². The summed E-state index contributed by atoms with van der Waals surface area (Å²) < 4.78 is 6.47. The van der Waals surface area contributed by atoms with Gasteiger partial charge >= 0.3 is 0 Å². The lowest BCUT2D eigenvalue weighted by molar-refractivity contribution is -0.132. The SMILES string of the molecule is CC(CN)N(C)C(=O)CCOc1cccc(Br)c1. The molecule has 0 aromatic heterocycles. The van der Waals surface area contributed by atoms with Crippen molar-refractivity contribution in [2.75, 3.05) is 20.2 Å². The van der Waals surface area contributed by atoms with Gasteiger partial charge in [-0.2, -0.15) is 0 Å². The normalized spacial score (nSPS) is 12.0. The highest BCUT2D eigenvalue weighted by Crippen LogP contribution is 2.17. The molecule has 4 nitrogen and oxygen atoms in total. The van der Waals surface area contributed by atoms with Crippen molar-refractivity contribution in [1.29, 1.82) is 0 Å². The molecule has 1 unspecified atom stereocenters. The zero-order chi connectivity index (χ0) is 13.5. The van der Waals surface area contributed by atoms with Crippen molar-refractivity contribution in [3.05, 3.63) is 28.7 Å². The van der Waals surface area contributed by atoms with E-state index < -0.39 is 0 Å². The lowest BCUT2D eigenvalue weighted by Gasteiger charge is -2.23. The van der Waals surface area contributed by atoms with Crippen LogP contribution in [0.25, 0.3) is 0 Å². The number of carbonyl (C=O) groups is 1. The number of nitrogens with zero attached hydrogens (tertiary/aromatic N) is 1. The molecule has 1 atom stereocenters. The summed E-state index contributed by atoms with van der Waals surface area (Å²) in [5.74, 6) is 0.801. The minimum atomic E-state index is 0.0444. The fourth-order valence-electron chi connectivity index (χ4n) is 1.39. The summed E-state index contributed by atoms with van der Waals surface area (Å²) in [4.78, 5) is 13.4. The second-order valence-corrected chi connectivity index (χ2v) is 5.06. The monoisotopic (exact) mass is 314 g/mol. The molecule has 1 aromatic rings. The summed E-state index contributed by atoms with van der Waals surface area (Å²) in [6, 6.07) is 7.61. The molecule has 0 saturated carbocycles. The van der Waals surface area contributed by atoms with E-state index in [1.165, 1.54) is 0 Å². The number of hydrogen-bond acceptors (Lipinski definition) is 3. The highest BCUT2D eigenvalue weighted by Gasteiger charge is 2.13. The highest BCUT2D eigenvalue weighted by atomic mass is 79.9. The Kier molecular flexibility index (Phi) is 6.15. The summed E-state index contributed by atoms with van der Waals surface area (Å²) in [6.07, 6.45) is 0.355. The molecule has 0 radical (unpaired) electrons. The molecule has 1 amide bonds. The molecule has 0 aliphatic rings. The Labute approximate surface area is 116 Å². The summed E-state index contributed by atoms with van der Waals surface area (Å²) in [5, 5.41) is 0. The number of benzene rings is 1. The largest absolute Gasteiger partial charge is 0.493 e. The van der Waals surface area contributed by atoms with Crippen LogP contribution in [0.1, 0.15) is 13.3 Å². The smallest absolute Gasteiger partial charge is 0.226 e. The third-order valence-corrected chi connectivity index (χ3v) is 3.27. The molecular weight excluding hydrogens is 296 g/mol. The third-order valence-electron chi connectivity index (χ3n) is 2.78. The average molecular weight is 315 g/mol. The number of halogens is 1. The number of hydrogen-bond donors (Lipinski definition) is 1. The van der Waals surface area contributed by atoms with Gasteiger partial charge in [-0.3, -0.25) is 4.79 Å². The molecule has 2 N–H and O–H groups in total. The Bertz CT molecular complexity index is 398. The number of likely N-dealkylation sites (N-methyl/N-ethyl adjacent to an activating group) is 1. The quantitative estimate of drug-likeness (QED) is 0.874. The van der Waals surface area contributed by atoms with Gasteiger partial charge in [-0.1, -0.05) is 22.0 Å². The van der Waals surface area contributed by atoms with Gasteiger partial charge in [-0.25, -0.2) is 0 Å². The van der Waals surface area contributed by atoms with Crippen LogP contribution in [0.15, 0.2) is 28.7 Å². The van der Waals surface area contributed by atoms with Gasteiger partial charge < -0.3 is 15.4 Å². The number of rotatable bonds is 6. The molecule has 0 aliphatic heterocycles. The molecule has 1 aromatic carbocycles. The number of nitrogens with two attached hydrogens (primary N) is 1. The van der Waals surface area contributed by atoms with E-state index in [1.807, 2.05) is 31.2 Å². The number of ether oxygens (including phenoxy) is 1. The topological polar surface area (TPSA) is 55.6 Å². The zero-order valence-corrected chi connectivity index (χ0v) is 12.3. The molecule has 18 heavy (non-hydrogen) atoms. The fourth-order valence-corrected chi connectivity index (χ4v) is 1.77. The van der Waals surface area contributed by atoms with Crippen LogP contribution >= 0.6 is 15.9 Å². The summed E-state index contributed by atoms with van der Waals surface area (Å²) in [7, 11) is 1.76. The van der Waals surface area contributed by atoms with Crippen LogP contribution in [0.3, 0.4) is 0 Å². The van der Waals surface area contributed by atoms with E-state index in [2.05, 4.69) is 15.9 Å². The summed E-state index contributed by atoms with van der Waals surface area (Å²) in [6.45, 7) is 2.76. The van der Waals surface area contributed by atoms with Gasteiger partial charge in [0.2, 0.25) is 5.91 Å². The standard InChI is InChI=1S/C13H19BrN2O2/c1-10(9-15)16(2)13(17)6-7-18-12-5-3-4-11(14)8-12/h3-5,8,10H,6-7,9,15H2,1-2H3. The molecule has 0 fully saturated rings. The maximum Gasteiger partial charge on any atom is 0.226 e. The lowest BCUT2D eigenvalue weighted by Crippen LogP contribution is -2.40. The van der Waals surface area contributed by atoms with Crippen molar-refractivity contribution in [2.24, 2.45) is 5.73 Å². The number of amides is 1. The fraction of sp³-hybridized carbons (Fsp3) is 0.462. The van der Waals surface area contributed by atoms with E-state index in [0.29, 0.717) is 19.6 Å². The van der Waals surface area contributed by atoms with E-state index in [4.69, 9.17) is 10.5 Å². The molecule has 0 spiro atoms. The van der Waals surface area contributed by atoms with Crippen LogP contribution in [0.5, 0.6) is 5.75 Å². The van der Waals surface area contributed by atoms with Gasteiger partial charge in [0.1, 0.15) is 5.75 Å². The Balaban J connectivity index is 2.36. The third kappa shape index (κ3) is 4.66. The van der Waals surface area contributed by atoms with Crippen molar-refractivity contribution in [3.8, 4) is 5.75 Å². The van der Waals surface area contributed by atoms with E-state index in [0.717, 1.165) is 10.2 Å². The summed E-state index contributed by atoms with van der Waals surface area (Å²) >= 11 is 3.37. The van der Waals surface area contributed by atoms with Crippen molar-refractivity contribution in [2.45, 2.75) is 19.4 Å². The predicted molar refractivity (Wildman–Crippen MR) is 75.5 cm³/mol. The minimum absolute atomic E-state index is 0.0444. The van der Waals surface area contributed by atoms with Gasteiger partial charge in [0.25, 0.3) is 0 Å². The van der Waals surface area contributed by atoms with Crippen LogP contribution in [0.2, 0.25) is 0 Å². The van der Waals surface area contributed by atoms with Gasteiger partial charge in [-0.15, -0.1) is 0 Å². The first-order valence-corrected chi connectivity index (χ1v) is 6.68. The molecule has 0 aliphatic carbocycles. The first kappa shape index (κ1) is 15.0. The maximum absolute atomic E-state index is 11.8. The highest BCUT2D eigenvalue weighted by molar-refractivity contribution is 9.10. The minimum Gasteiger partial charge on any atom is -0.493 e. The Morgan fingerprint density at radius 2 is 2.28 bits per heavy atom. The predicted octanol–water partition coefficient (Wildman–Crippen LogP) is 2.02. The molecule has 0 bridgehead atoms. The lowest BCUT2D eigenvalue weighted by atomic mass is 10.2. The van der Waals surface area contributed by atoms with Crippen molar-refractivity contribution in [1.82, 2.24) is 4.90 Å². The van der Waals surface area contributed by atoms with E-state index in [-0.39, 0.29) is 11.9 Å². The van der Waals surface area contributed by atoms with Crippen LogP contribution in [-0.2, 0) is 4.79 Å². The zero-order valence-electron chi connectivity index (χ0n) is 10.7. The Morgan fingerprint density at radius 1 is 1.56 bits per heavy atom. The van der Waals surface area contributed by atoms with Crippen molar-refractivity contribution < 1.29 is 9.53 Å². The molecule has 5 heteroatoms. The Hall–Kier alpha value is -1.07. The van der Waals surface area contributed by atoms with Gasteiger partial charge in [0.05, 0.1) is 13.0 Å². The Morgan fingerprint density at radius 3 is 2.89 bits per heavy atom. The first-order chi connectivity index (χ1) is 8.54. The summed E-state index contributed by atoms with van der Waals surface area (Å²) in [5.41, 5.74) is 5.52. The first-order valence-electron chi connectivity index (χ1n) is 5.88. The average Bonchev–Trinajstić information content (AvgIpc) is 2.36. The molecule has 100 valence electrons. The van der Waals surface area contributed by atoms with E-state index in [1.54, 1.807) is 11.9 Å². The second-order valence-electron chi connectivity index (χ2n) is 4.15. The van der Waals surface area contributed by atoms with Gasteiger partial charge in [0.15, 0.2) is 0 Å². The van der Waals surface area contributed by atoms with Gasteiger partial charge in [0, 0.05) is 24.1 Å². The molecule has 0 heterocycles.